The van der Waals surface area contributed by atoms with Crippen molar-refractivity contribution in [1.82, 2.24) is 10.3 Å². The van der Waals surface area contributed by atoms with Gasteiger partial charge in [0.15, 0.2) is 11.5 Å². The maximum absolute atomic E-state index is 13.7. The molecule has 0 aliphatic heterocycles. The van der Waals surface area contributed by atoms with E-state index in [-0.39, 0.29) is 11.9 Å². The third kappa shape index (κ3) is 5.53. The SMILES string of the molecule is COc1c(C)c(Cc2cccc(C(=O)NC(C)c3ccccc3)c2-c2cccnc2)c(OC)c(OC)c1OC. The zero-order valence-corrected chi connectivity index (χ0v) is 23.2. The zero-order chi connectivity index (χ0) is 27.9. The first-order chi connectivity index (χ1) is 18.9. The number of aromatic nitrogens is 1. The molecule has 0 aliphatic carbocycles. The van der Waals surface area contributed by atoms with Gasteiger partial charge in [0.05, 0.1) is 34.5 Å². The van der Waals surface area contributed by atoms with Crippen LogP contribution in [0.1, 0.15) is 45.6 Å². The third-order valence-electron chi connectivity index (χ3n) is 6.86. The fourth-order valence-electron chi connectivity index (χ4n) is 4.94. The van der Waals surface area contributed by atoms with Crippen LogP contribution in [0.25, 0.3) is 11.1 Å². The second-order valence-electron chi connectivity index (χ2n) is 9.10. The highest BCUT2D eigenvalue weighted by Gasteiger charge is 2.27. The summed E-state index contributed by atoms with van der Waals surface area (Å²) in [5.74, 6) is 1.87. The highest BCUT2D eigenvalue weighted by molar-refractivity contribution is 6.02. The monoisotopic (exact) mass is 526 g/mol. The van der Waals surface area contributed by atoms with Crippen LogP contribution in [0.2, 0.25) is 0 Å². The molecule has 0 aliphatic rings. The normalized spacial score (nSPS) is 11.4. The summed E-state index contributed by atoms with van der Waals surface area (Å²) in [4.78, 5) is 18.0. The van der Waals surface area contributed by atoms with Gasteiger partial charge in [-0.2, -0.15) is 0 Å². The molecule has 1 aromatic heterocycles. The molecular formula is C32H34N2O5. The van der Waals surface area contributed by atoms with E-state index in [4.69, 9.17) is 18.9 Å². The van der Waals surface area contributed by atoms with E-state index in [0.717, 1.165) is 33.4 Å². The Morgan fingerprint density at radius 1 is 0.821 bits per heavy atom. The van der Waals surface area contributed by atoms with Crippen LogP contribution in [0.15, 0.2) is 73.1 Å². The van der Waals surface area contributed by atoms with E-state index in [1.807, 2.05) is 74.5 Å². The zero-order valence-electron chi connectivity index (χ0n) is 23.2. The Bertz CT molecular complexity index is 1440. The fraction of sp³-hybridized carbons (Fsp3) is 0.250. The molecule has 7 nitrogen and oxygen atoms in total. The predicted octanol–water partition coefficient (Wildman–Crippen LogP) is 6.17. The lowest BCUT2D eigenvalue weighted by atomic mass is 9.89. The van der Waals surface area contributed by atoms with Crippen molar-refractivity contribution < 1.29 is 23.7 Å². The third-order valence-corrected chi connectivity index (χ3v) is 6.86. The van der Waals surface area contributed by atoms with Crippen molar-refractivity contribution in [1.29, 1.82) is 0 Å². The Balaban J connectivity index is 1.86. The standard InChI is InChI=1S/C32H34N2O5/c1-20-26(29(37-4)31(39-6)30(38-5)28(20)36-3)18-23-14-10-16-25(27(23)24-15-11-17-33-19-24)32(35)34-21(2)22-12-8-7-9-13-22/h7-17,19,21H,18H2,1-6H3,(H,34,35). The van der Waals surface area contributed by atoms with Crippen molar-refractivity contribution in [3.8, 4) is 34.1 Å². The molecule has 1 heterocycles. The number of nitrogens with one attached hydrogen (secondary N) is 1. The first-order valence-corrected chi connectivity index (χ1v) is 12.7. The van der Waals surface area contributed by atoms with Crippen LogP contribution >= 0.6 is 0 Å². The molecule has 4 aromatic rings. The number of rotatable bonds is 10. The van der Waals surface area contributed by atoms with Gasteiger partial charge in [-0.25, -0.2) is 0 Å². The molecule has 3 aromatic carbocycles. The number of pyridine rings is 1. The van der Waals surface area contributed by atoms with Gasteiger partial charge in [-0.3, -0.25) is 9.78 Å². The Hall–Kier alpha value is -4.52. The van der Waals surface area contributed by atoms with Gasteiger partial charge in [-0.05, 0) is 42.7 Å². The number of hydrogen-bond donors (Lipinski definition) is 1. The average molecular weight is 527 g/mol. The minimum absolute atomic E-state index is 0.165. The largest absolute Gasteiger partial charge is 0.492 e. The molecule has 7 heteroatoms. The van der Waals surface area contributed by atoms with E-state index < -0.39 is 0 Å². The van der Waals surface area contributed by atoms with E-state index in [9.17, 15) is 4.79 Å². The summed E-state index contributed by atoms with van der Waals surface area (Å²) >= 11 is 0. The number of carbonyl (C=O) groups excluding carboxylic acids is 1. The summed E-state index contributed by atoms with van der Waals surface area (Å²) in [6, 6.07) is 19.3. The lowest BCUT2D eigenvalue weighted by Gasteiger charge is -2.23. The van der Waals surface area contributed by atoms with Crippen molar-refractivity contribution >= 4 is 5.91 Å². The molecule has 1 amide bonds. The number of amides is 1. The molecule has 1 N–H and O–H groups in total. The quantitative estimate of drug-likeness (QED) is 0.266. The van der Waals surface area contributed by atoms with Gasteiger partial charge in [0.2, 0.25) is 11.5 Å². The van der Waals surface area contributed by atoms with Gasteiger partial charge in [0, 0.05) is 41.1 Å². The topological polar surface area (TPSA) is 78.9 Å². The van der Waals surface area contributed by atoms with E-state index in [0.29, 0.717) is 35.0 Å². The van der Waals surface area contributed by atoms with Crippen LogP contribution in [0, 0.1) is 6.92 Å². The van der Waals surface area contributed by atoms with Crippen LogP contribution in [0.5, 0.6) is 23.0 Å². The molecule has 1 unspecified atom stereocenters. The van der Waals surface area contributed by atoms with Gasteiger partial charge >= 0.3 is 0 Å². The van der Waals surface area contributed by atoms with Crippen molar-refractivity contribution in [3.63, 3.8) is 0 Å². The Kier molecular flexibility index (Phi) is 8.71. The van der Waals surface area contributed by atoms with E-state index in [2.05, 4.69) is 10.3 Å². The molecular weight excluding hydrogens is 492 g/mol. The minimum Gasteiger partial charge on any atom is -0.492 e. The summed E-state index contributed by atoms with van der Waals surface area (Å²) in [6.07, 6.45) is 3.94. The number of nitrogens with zero attached hydrogens (tertiary/aromatic N) is 1. The molecule has 1 atom stereocenters. The van der Waals surface area contributed by atoms with Gasteiger partial charge < -0.3 is 24.3 Å². The van der Waals surface area contributed by atoms with E-state index in [1.165, 1.54) is 0 Å². The maximum atomic E-state index is 13.7. The molecule has 0 fully saturated rings. The first-order valence-electron chi connectivity index (χ1n) is 12.7. The molecule has 4 rings (SSSR count). The van der Waals surface area contributed by atoms with Crippen LogP contribution in [-0.2, 0) is 6.42 Å². The second-order valence-corrected chi connectivity index (χ2v) is 9.10. The van der Waals surface area contributed by atoms with E-state index >= 15 is 0 Å². The summed E-state index contributed by atoms with van der Waals surface area (Å²) in [5.41, 5.74) is 5.89. The van der Waals surface area contributed by atoms with Gasteiger partial charge in [-0.1, -0.05) is 48.5 Å². The van der Waals surface area contributed by atoms with Crippen molar-refractivity contribution in [2.45, 2.75) is 26.3 Å². The predicted molar refractivity (Wildman–Crippen MR) is 152 cm³/mol. The molecule has 202 valence electrons. The lowest BCUT2D eigenvalue weighted by Crippen LogP contribution is -2.27. The molecule has 0 spiro atoms. The molecule has 0 radical (unpaired) electrons. The number of hydrogen-bond acceptors (Lipinski definition) is 6. The van der Waals surface area contributed by atoms with Crippen LogP contribution < -0.4 is 24.3 Å². The summed E-state index contributed by atoms with van der Waals surface area (Å²) < 4.78 is 22.9. The Labute approximate surface area is 229 Å². The fourth-order valence-corrected chi connectivity index (χ4v) is 4.94. The van der Waals surface area contributed by atoms with Crippen molar-refractivity contribution in [2.75, 3.05) is 28.4 Å². The Morgan fingerprint density at radius 3 is 2.10 bits per heavy atom. The van der Waals surface area contributed by atoms with Crippen molar-refractivity contribution in [3.05, 3.63) is 101 Å². The highest BCUT2D eigenvalue weighted by atomic mass is 16.5. The molecule has 0 bridgehead atoms. The minimum atomic E-state index is -0.166. The molecule has 0 saturated heterocycles. The van der Waals surface area contributed by atoms with Crippen LogP contribution in [-0.4, -0.2) is 39.3 Å². The lowest BCUT2D eigenvalue weighted by molar-refractivity contribution is 0.0940. The first kappa shape index (κ1) is 27.5. The van der Waals surface area contributed by atoms with Gasteiger partial charge in [-0.15, -0.1) is 0 Å². The molecule has 39 heavy (non-hydrogen) atoms. The van der Waals surface area contributed by atoms with Gasteiger partial charge in [0.25, 0.3) is 5.91 Å². The van der Waals surface area contributed by atoms with Crippen molar-refractivity contribution in [2.24, 2.45) is 0 Å². The number of ether oxygens (including phenoxy) is 4. The second kappa shape index (κ2) is 12.3. The summed E-state index contributed by atoms with van der Waals surface area (Å²) in [6.45, 7) is 3.94. The molecule has 0 saturated carbocycles. The number of carbonyl (C=O) groups is 1. The highest BCUT2D eigenvalue weighted by Crippen LogP contribution is 2.50. The smallest absolute Gasteiger partial charge is 0.252 e. The van der Waals surface area contributed by atoms with E-state index in [1.54, 1.807) is 40.8 Å². The average Bonchev–Trinajstić information content (AvgIpc) is 2.98. The Morgan fingerprint density at radius 2 is 1.49 bits per heavy atom. The van der Waals surface area contributed by atoms with Gasteiger partial charge in [0.1, 0.15) is 0 Å². The number of methoxy groups -OCH3 is 4. The summed E-state index contributed by atoms with van der Waals surface area (Å²) in [5, 5.41) is 3.16. The maximum Gasteiger partial charge on any atom is 0.252 e. The number of benzene rings is 3. The van der Waals surface area contributed by atoms with Crippen LogP contribution in [0.4, 0.5) is 0 Å². The van der Waals surface area contributed by atoms with Crippen LogP contribution in [0.3, 0.4) is 0 Å². The summed E-state index contributed by atoms with van der Waals surface area (Å²) in [7, 11) is 6.33.